The van der Waals surface area contributed by atoms with Crippen molar-refractivity contribution < 1.29 is 27.5 Å². The molecule has 1 heterocycles. The Morgan fingerprint density at radius 3 is 2.38 bits per heavy atom. The first-order valence-electron chi connectivity index (χ1n) is 8.19. The molecule has 0 N–H and O–H groups in total. The second kappa shape index (κ2) is 7.94. The van der Waals surface area contributed by atoms with Gasteiger partial charge in [-0.2, -0.15) is 4.31 Å². The molecule has 0 radical (unpaired) electrons. The number of sulfonamides is 1. The first kappa shape index (κ1) is 20.7. The molecule has 144 valence electrons. The summed E-state index contributed by atoms with van der Waals surface area (Å²) < 4.78 is 36.5. The van der Waals surface area contributed by atoms with Crippen molar-refractivity contribution in [3.63, 3.8) is 0 Å². The van der Waals surface area contributed by atoms with Gasteiger partial charge in [0.05, 0.1) is 15.5 Å². The third kappa shape index (κ3) is 5.18. The van der Waals surface area contributed by atoms with Crippen molar-refractivity contribution in [2.45, 2.75) is 44.1 Å². The lowest BCUT2D eigenvalue weighted by Gasteiger charge is -2.19. The summed E-state index contributed by atoms with van der Waals surface area (Å²) in [6, 6.07) is 3.85. The highest BCUT2D eigenvalue weighted by Gasteiger charge is 2.28. The Morgan fingerprint density at radius 2 is 1.81 bits per heavy atom. The van der Waals surface area contributed by atoms with E-state index in [1.807, 2.05) is 0 Å². The van der Waals surface area contributed by atoms with Crippen LogP contribution in [0.15, 0.2) is 23.1 Å². The second-order valence-corrected chi connectivity index (χ2v) is 9.26. The molecule has 2 rings (SSSR count). The molecule has 0 spiro atoms. The maximum atomic E-state index is 12.6. The summed E-state index contributed by atoms with van der Waals surface area (Å²) in [6.45, 7) is 5.38. The molecule has 7 nitrogen and oxygen atoms in total. The number of rotatable bonds is 5. The Balaban J connectivity index is 2.14. The maximum absolute atomic E-state index is 12.6. The Kier molecular flexibility index (Phi) is 6.31. The fourth-order valence-corrected chi connectivity index (χ4v) is 4.21. The zero-order valence-electron chi connectivity index (χ0n) is 15.0. The third-order valence-corrected chi connectivity index (χ3v) is 5.83. The molecule has 1 aliphatic rings. The van der Waals surface area contributed by atoms with E-state index in [-0.39, 0.29) is 15.5 Å². The van der Waals surface area contributed by atoms with Gasteiger partial charge in [0.25, 0.3) is 0 Å². The van der Waals surface area contributed by atoms with Crippen LogP contribution in [0.3, 0.4) is 0 Å². The van der Waals surface area contributed by atoms with E-state index in [1.54, 1.807) is 20.8 Å². The molecule has 0 unspecified atom stereocenters. The highest BCUT2D eigenvalue weighted by Crippen LogP contribution is 2.25. The number of benzene rings is 1. The second-order valence-electron chi connectivity index (χ2n) is 6.92. The van der Waals surface area contributed by atoms with E-state index < -0.39 is 34.2 Å². The number of ether oxygens (including phenoxy) is 2. The van der Waals surface area contributed by atoms with Crippen LogP contribution < -0.4 is 0 Å². The van der Waals surface area contributed by atoms with Gasteiger partial charge in [-0.15, -0.1) is 0 Å². The molecule has 0 aliphatic carbocycles. The van der Waals surface area contributed by atoms with Gasteiger partial charge in [-0.3, -0.25) is 0 Å². The third-order valence-electron chi connectivity index (χ3n) is 3.60. The van der Waals surface area contributed by atoms with Crippen LogP contribution in [0.25, 0.3) is 0 Å². The minimum absolute atomic E-state index is 0.0342. The van der Waals surface area contributed by atoms with E-state index in [0.29, 0.717) is 13.1 Å². The smallest absolute Gasteiger partial charge is 0.344 e. The molecule has 9 heteroatoms. The number of halogens is 1. The quantitative estimate of drug-likeness (QED) is 0.702. The van der Waals surface area contributed by atoms with E-state index in [9.17, 15) is 18.0 Å². The van der Waals surface area contributed by atoms with Crippen LogP contribution in [0.4, 0.5) is 0 Å². The molecule has 1 fully saturated rings. The van der Waals surface area contributed by atoms with Gasteiger partial charge in [-0.1, -0.05) is 11.6 Å². The van der Waals surface area contributed by atoms with Gasteiger partial charge in [-0.05, 0) is 51.8 Å². The number of carbonyl (C=O) groups excluding carboxylic acids is 2. The summed E-state index contributed by atoms with van der Waals surface area (Å²) in [5.74, 6) is -1.60. The van der Waals surface area contributed by atoms with Gasteiger partial charge in [0.15, 0.2) is 6.61 Å². The lowest BCUT2D eigenvalue weighted by molar-refractivity contribution is -0.158. The van der Waals surface area contributed by atoms with Gasteiger partial charge in [0.1, 0.15) is 5.60 Å². The SMILES string of the molecule is CC(C)(C)OC(=O)COC(=O)c1cc(S(=O)(=O)N2CCCC2)ccc1Cl. The van der Waals surface area contributed by atoms with Crippen molar-refractivity contribution in [1.29, 1.82) is 0 Å². The largest absolute Gasteiger partial charge is 0.457 e. The number of nitrogens with zero attached hydrogens (tertiary/aromatic N) is 1. The van der Waals surface area contributed by atoms with Crippen molar-refractivity contribution in [2.24, 2.45) is 0 Å². The summed E-state index contributed by atoms with van der Waals surface area (Å²) in [4.78, 5) is 23.8. The van der Waals surface area contributed by atoms with E-state index in [2.05, 4.69) is 0 Å². The predicted octanol–water partition coefficient (Wildman–Crippen LogP) is 2.62. The summed E-state index contributed by atoms with van der Waals surface area (Å²) in [5.41, 5.74) is -0.819. The molecular formula is C17H22ClNO6S. The molecule has 1 aromatic rings. The van der Waals surface area contributed by atoms with E-state index >= 15 is 0 Å². The fourth-order valence-electron chi connectivity index (χ4n) is 2.47. The van der Waals surface area contributed by atoms with Gasteiger partial charge in [-0.25, -0.2) is 18.0 Å². The summed E-state index contributed by atoms with van der Waals surface area (Å²) in [7, 11) is -3.69. The number of hydrogen-bond donors (Lipinski definition) is 0. The van der Waals surface area contributed by atoms with Crippen LogP contribution in [0.1, 0.15) is 44.0 Å². The average Bonchev–Trinajstić information content (AvgIpc) is 3.06. The van der Waals surface area contributed by atoms with Crippen LogP contribution in [0.5, 0.6) is 0 Å². The van der Waals surface area contributed by atoms with Crippen LogP contribution in [-0.4, -0.2) is 50.0 Å². The average molecular weight is 404 g/mol. The molecular weight excluding hydrogens is 382 g/mol. The van der Waals surface area contributed by atoms with Crippen LogP contribution in [-0.2, 0) is 24.3 Å². The molecule has 1 aromatic carbocycles. The van der Waals surface area contributed by atoms with Crippen LogP contribution in [0.2, 0.25) is 5.02 Å². The molecule has 26 heavy (non-hydrogen) atoms. The summed E-state index contributed by atoms with van der Waals surface area (Å²) in [6.07, 6.45) is 1.61. The van der Waals surface area contributed by atoms with Gasteiger partial charge < -0.3 is 9.47 Å². The minimum atomic E-state index is -3.69. The van der Waals surface area contributed by atoms with Crippen molar-refractivity contribution in [1.82, 2.24) is 4.31 Å². The monoisotopic (exact) mass is 403 g/mol. The summed E-state index contributed by atoms with van der Waals surface area (Å²) in [5, 5.41) is 0.0413. The number of hydrogen-bond acceptors (Lipinski definition) is 6. The topological polar surface area (TPSA) is 90.0 Å². The van der Waals surface area contributed by atoms with Crippen LogP contribution >= 0.6 is 11.6 Å². The van der Waals surface area contributed by atoms with E-state index in [1.165, 1.54) is 22.5 Å². The Morgan fingerprint density at radius 1 is 1.19 bits per heavy atom. The Labute approximate surface area is 158 Å². The maximum Gasteiger partial charge on any atom is 0.344 e. The Bertz CT molecular complexity index is 794. The molecule has 0 atom stereocenters. The lowest BCUT2D eigenvalue weighted by Crippen LogP contribution is -2.28. The number of carbonyl (C=O) groups is 2. The van der Waals surface area contributed by atoms with Crippen molar-refractivity contribution in [3.8, 4) is 0 Å². The van der Waals surface area contributed by atoms with E-state index in [4.69, 9.17) is 21.1 Å². The predicted molar refractivity (Wildman–Crippen MR) is 95.6 cm³/mol. The molecule has 1 aliphatic heterocycles. The van der Waals surface area contributed by atoms with Gasteiger partial charge >= 0.3 is 11.9 Å². The van der Waals surface area contributed by atoms with Crippen molar-refractivity contribution in [3.05, 3.63) is 28.8 Å². The Hall–Kier alpha value is -1.64. The number of esters is 2. The fraction of sp³-hybridized carbons (Fsp3) is 0.529. The molecule has 0 aromatic heterocycles. The highest BCUT2D eigenvalue weighted by molar-refractivity contribution is 7.89. The highest BCUT2D eigenvalue weighted by atomic mass is 35.5. The first-order chi connectivity index (χ1) is 12.0. The van der Waals surface area contributed by atoms with Gasteiger partial charge in [0, 0.05) is 13.1 Å². The standard InChI is InChI=1S/C17H22ClNO6S/c1-17(2,3)25-15(20)11-24-16(21)13-10-12(6-7-14(13)18)26(22,23)19-8-4-5-9-19/h6-7,10H,4-5,8-9,11H2,1-3H3. The lowest BCUT2D eigenvalue weighted by atomic mass is 10.2. The zero-order valence-corrected chi connectivity index (χ0v) is 16.5. The van der Waals surface area contributed by atoms with Crippen LogP contribution in [0, 0.1) is 0 Å². The molecule has 0 amide bonds. The molecule has 1 saturated heterocycles. The van der Waals surface area contributed by atoms with Crippen molar-refractivity contribution in [2.75, 3.05) is 19.7 Å². The molecule has 0 saturated carbocycles. The summed E-state index contributed by atoms with van der Waals surface area (Å²) >= 11 is 6.00. The van der Waals surface area contributed by atoms with Crippen molar-refractivity contribution >= 4 is 33.6 Å². The first-order valence-corrected chi connectivity index (χ1v) is 10.0. The van der Waals surface area contributed by atoms with E-state index in [0.717, 1.165) is 12.8 Å². The van der Waals surface area contributed by atoms with Gasteiger partial charge in [0.2, 0.25) is 10.0 Å². The zero-order chi connectivity index (χ0) is 19.5. The minimum Gasteiger partial charge on any atom is -0.457 e. The molecule has 0 bridgehead atoms. The normalized spacial score (nSPS) is 15.7.